The lowest BCUT2D eigenvalue weighted by Gasteiger charge is -2.16. The van der Waals surface area contributed by atoms with Gasteiger partial charge in [-0.25, -0.2) is 4.79 Å². The number of allylic oxidation sites excluding steroid dienone is 4. The van der Waals surface area contributed by atoms with Crippen LogP contribution in [0.2, 0.25) is 0 Å². The molecule has 1 aromatic rings. The molecule has 1 aromatic carbocycles. The number of esters is 1. The Morgan fingerprint density at radius 2 is 1.78 bits per heavy atom. The third-order valence-electron chi connectivity index (χ3n) is 4.67. The van der Waals surface area contributed by atoms with Crippen LogP contribution in [0.25, 0.3) is 0 Å². The summed E-state index contributed by atoms with van der Waals surface area (Å²) in [6.45, 7) is 8.36. The first kappa shape index (κ1) is 22.8. The van der Waals surface area contributed by atoms with Gasteiger partial charge in [0.1, 0.15) is 17.1 Å². The minimum absolute atomic E-state index is 0.0278. The van der Waals surface area contributed by atoms with E-state index in [1.807, 2.05) is 0 Å². The van der Waals surface area contributed by atoms with Gasteiger partial charge in [-0.3, -0.25) is 0 Å². The number of benzene rings is 1. The van der Waals surface area contributed by atoms with E-state index >= 15 is 0 Å². The van der Waals surface area contributed by atoms with E-state index in [9.17, 15) is 15.0 Å². The molecule has 0 atom stereocenters. The number of phenols is 2. The van der Waals surface area contributed by atoms with Crippen LogP contribution in [0.4, 0.5) is 0 Å². The lowest BCUT2D eigenvalue weighted by atomic mass is 9.91. The molecule has 0 saturated carbocycles. The van der Waals surface area contributed by atoms with Crippen LogP contribution in [-0.4, -0.2) is 23.3 Å². The van der Waals surface area contributed by atoms with Gasteiger partial charge >= 0.3 is 5.97 Å². The Hall–Kier alpha value is -2.23. The van der Waals surface area contributed by atoms with Crippen molar-refractivity contribution < 1.29 is 19.7 Å². The van der Waals surface area contributed by atoms with Crippen molar-refractivity contribution in [2.45, 2.75) is 72.6 Å². The fourth-order valence-electron chi connectivity index (χ4n) is 3.10. The quantitative estimate of drug-likeness (QED) is 0.306. The molecule has 0 radical (unpaired) electrons. The van der Waals surface area contributed by atoms with Gasteiger partial charge < -0.3 is 14.9 Å². The SMILES string of the molecule is CCCCCc1c(C/C=C(\C)CCC=C(C)C)c(O)cc(O)c1C(=O)OC. The molecule has 0 aliphatic rings. The minimum atomic E-state index is -0.565. The molecule has 27 heavy (non-hydrogen) atoms. The fraction of sp³-hybridized carbons (Fsp3) is 0.522. The molecule has 0 saturated heterocycles. The number of methoxy groups -OCH3 is 1. The molecule has 0 unspecified atom stereocenters. The van der Waals surface area contributed by atoms with Crippen molar-refractivity contribution in [2.24, 2.45) is 0 Å². The number of phenolic OH excluding ortho intramolecular Hbond substituents is 2. The van der Waals surface area contributed by atoms with Crippen LogP contribution in [0.15, 0.2) is 29.4 Å². The highest BCUT2D eigenvalue weighted by atomic mass is 16.5. The summed E-state index contributed by atoms with van der Waals surface area (Å²) >= 11 is 0. The standard InChI is InChI=1S/C23H34O4/c1-6-7-8-12-19-18(14-13-17(4)11-9-10-16(2)3)20(24)15-21(25)22(19)23(26)27-5/h10,13,15,24-25H,6-9,11-12,14H2,1-5H3/b17-13+. The monoisotopic (exact) mass is 374 g/mol. The van der Waals surface area contributed by atoms with E-state index in [-0.39, 0.29) is 17.1 Å². The molecule has 0 bridgehead atoms. The zero-order valence-corrected chi connectivity index (χ0v) is 17.4. The van der Waals surface area contributed by atoms with Gasteiger partial charge in [0.05, 0.1) is 7.11 Å². The van der Waals surface area contributed by atoms with Gasteiger partial charge in [0, 0.05) is 11.6 Å². The van der Waals surface area contributed by atoms with E-state index in [0.29, 0.717) is 24.0 Å². The molecule has 0 heterocycles. The zero-order chi connectivity index (χ0) is 20.4. The normalized spacial score (nSPS) is 11.4. The fourth-order valence-corrected chi connectivity index (χ4v) is 3.10. The lowest BCUT2D eigenvalue weighted by Crippen LogP contribution is -2.09. The number of unbranched alkanes of at least 4 members (excludes halogenated alkanes) is 2. The summed E-state index contributed by atoms with van der Waals surface area (Å²) in [6, 6.07) is 1.25. The molecule has 4 heteroatoms. The van der Waals surface area contributed by atoms with Crippen LogP contribution in [0.3, 0.4) is 0 Å². The van der Waals surface area contributed by atoms with Gasteiger partial charge in [-0.15, -0.1) is 0 Å². The average Bonchev–Trinajstić information content (AvgIpc) is 2.60. The maximum atomic E-state index is 12.2. The first-order valence-electron chi connectivity index (χ1n) is 9.75. The number of ether oxygens (including phenoxy) is 1. The smallest absolute Gasteiger partial charge is 0.341 e. The van der Waals surface area contributed by atoms with E-state index in [2.05, 4.69) is 39.8 Å². The summed E-state index contributed by atoms with van der Waals surface area (Å²) in [7, 11) is 1.30. The number of hydrogen-bond donors (Lipinski definition) is 2. The molecule has 2 N–H and O–H groups in total. The van der Waals surface area contributed by atoms with Crippen molar-refractivity contribution in [3.05, 3.63) is 46.1 Å². The summed E-state index contributed by atoms with van der Waals surface area (Å²) in [4.78, 5) is 12.2. The van der Waals surface area contributed by atoms with Gasteiger partial charge in [-0.1, -0.05) is 43.1 Å². The highest BCUT2D eigenvalue weighted by Gasteiger charge is 2.22. The van der Waals surface area contributed by atoms with Gasteiger partial charge in [0.25, 0.3) is 0 Å². The first-order valence-corrected chi connectivity index (χ1v) is 9.75. The number of hydrogen-bond acceptors (Lipinski definition) is 4. The Kier molecular flexibility index (Phi) is 9.70. The van der Waals surface area contributed by atoms with E-state index in [1.54, 1.807) is 0 Å². The van der Waals surface area contributed by atoms with Crippen LogP contribution in [-0.2, 0) is 17.6 Å². The number of aromatic hydroxyl groups is 2. The van der Waals surface area contributed by atoms with E-state index in [1.165, 1.54) is 24.3 Å². The highest BCUT2D eigenvalue weighted by Crippen LogP contribution is 2.35. The summed E-state index contributed by atoms with van der Waals surface area (Å²) in [5.74, 6) is -0.761. The van der Waals surface area contributed by atoms with E-state index in [4.69, 9.17) is 4.74 Å². The lowest BCUT2D eigenvalue weighted by molar-refractivity contribution is 0.0596. The van der Waals surface area contributed by atoms with E-state index < -0.39 is 5.97 Å². The maximum absolute atomic E-state index is 12.2. The molecule has 0 spiro atoms. The number of carbonyl (C=O) groups excluding carboxylic acids is 1. The third-order valence-corrected chi connectivity index (χ3v) is 4.67. The van der Waals surface area contributed by atoms with Gasteiger partial charge in [0.2, 0.25) is 0 Å². The van der Waals surface area contributed by atoms with Crippen LogP contribution < -0.4 is 0 Å². The molecule has 0 aromatic heterocycles. The second-order valence-corrected chi connectivity index (χ2v) is 7.27. The van der Waals surface area contributed by atoms with E-state index in [0.717, 1.165) is 32.1 Å². The van der Waals surface area contributed by atoms with Crippen molar-refractivity contribution >= 4 is 5.97 Å². The summed E-state index contributed by atoms with van der Waals surface area (Å²) in [5, 5.41) is 20.6. The van der Waals surface area contributed by atoms with Gasteiger partial charge in [0.15, 0.2) is 0 Å². The molecule has 0 aliphatic carbocycles. The molecule has 0 fully saturated rings. The summed E-state index contributed by atoms with van der Waals surface area (Å²) in [6.07, 6.45) is 10.4. The third kappa shape index (κ3) is 7.12. The Bertz CT molecular complexity index is 695. The Labute approximate surface area is 163 Å². The van der Waals surface area contributed by atoms with Crippen LogP contribution in [0.1, 0.15) is 81.3 Å². The zero-order valence-electron chi connectivity index (χ0n) is 17.4. The minimum Gasteiger partial charge on any atom is -0.508 e. The summed E-state index contributed by atoms with van der Waals surface area (Å²) < 4.78 is 4.86. The van der Waals surface area contributed by atoms with Gasteiger partial charge in [-0.2, -0.15) is 0 Å². The van der Waals surface area contributed by atoms with Gasteiger partial charge in [-0.05, 0) is 58.4 Å². The Morgan fingerprint density at radius 1 is 1.07 bits per heavy atom. The molecule has 150 valence electrons. The molecular weight excluding hydrogens is 340 g/mol. The van der Waals surface area contributed by atoms with Crippen molar-refractivity contribution in [3.8, 4) is 11.5 Å². The maximum Gasteiger partial charge on any atom is 0.341 e. The molecular formula is C23H34O4. The topological polar surface area (TPSA) is 66.8 Å². The summed E-state index contributed by atoms with van der Waals surface area (Å²) in [5.41, 5.74) is 4.11. The van der Waals surface area contributed by atoms with Crippen molar-refractivity contribution in [2.75, 3.05) is 7.11 Å². The van der Waals surface area contributed by atoms with Crippen LogP contribution in [0, 0.1) is 0 Å². The van der Waals surface area contributed by atoms with Crippen LogP contribution >= 0.6 is 0 Å². The van der Waals surface area contributed by atoms with Crippen LogP contribution in [0.5, 0.6) is 11.5 Å². The predicted molar refractivity (Wildman–Crippen MR) is 110 cm³/mol. The molecule has 0 aliphatic heterocycles. The highest BCUT2D eigenvalue weighted by molar-refractivity contribution is 5.95. The Morgan fingerprint density at radius 3 is 2.37 bits per heavy atom. The van der Waals surface area contributed by atoms with Crippen molar-refractivity contribution in [1.82, 2.24) is 0 Å². The second kappa shape index (κ2) is 11.5. The number of carbonyl (C=O) groups is 1. The molecule has 4 nitrogen and oxygen atoms in total. The average molecular weight is 375 g/mol. The number of rotatable bonds is 10. The molecule has 0 amide bonds. The largest absolute Gasteiger partial charge is 0.508 e. The second-order valence-electron chi connectivity index (χ2n) is 7.27. The Balaban J connectivity index is 3.18. The van der Waals surface area contributed by atoms with Crippen molar-refractivity contribution in [3.63, 3.8) is 0 Å². The van der Waals surface area contributed by atoms with Crippen molar-refractivity contribution in [1.29, 1.82) is 0 Å². The molecule has 1 rings (SSSR count). The first-order chi connectivity index (χ1) is 12.8. The predicted octanol–water partition coefficient (Wildman–Crippen LogP) is 5.85.